The van der Waals surface area contributed by atoms with Gasteiger partial charge in [0.1, 0.15) is 11.9 Å². The number of nitrogens with one attached hydrogen (secondary N) is 1. The highest BCUT2D eigenvalue weighted by atomic mass is 16.3. The Hall–Kier alpha value is -3.40. The van der Waals surface area contributed by atoms with Crippen molar-refractivity contribution in [2.24, 2.45) is 0 Å². The summed E-state index contributed by atoms with van der Waals surface area (Å²) in [7, 11) is 0. The number of nitrogens with zero attached hydrogens (tertiary/aromatic N) is 4. The van der Waals surface area contributed by atoms with Crippen molar-refractivity contribution in [1.29, 1.82) is 5.26 Å². The van der Waals surface area contributed by atoms with E-state index in [1.807, 2.05) is 43.3 Å². The largest absolute Gasteiger partial charge is 0.396 e. The molecule has 1 aliphatic rings. The summed E-state index contributed by atoms with van der Waals surface area (Å²) < 4.78 is 2.18. The quantitative estimate of drug-likeness (QED) is 0.459. The van der Waals surface area contributed by atoms with E-state index in [9.17, 15) is 5.26 Å². The molecule has 0 aliphatic carbocycles. The van der Waals surface area contributed by atoms with Crippen LogP contribution in [0, 0.1) is 18.3 Å². The molecule has 0 radical (unpaired) electrons. The number of fused-ring (bicyclic) bond motifs is 3. The van der Waals surface area contributed by atoms with Gasteiger partial charge in [-0.15, -0.1) is 0 Å². The van der Waals surface area contributed by atoms with Crippen LogP contribution in [-0.4, -0.2) is 46.8 Å². The molecule has 0 bridgehead atoms. The molecule has 0 saturated carbocycles. The molecule has 2 N–H and O–H groups in total. The first-order valence-corrected chi connectivity index (χ1v) is 11.2. The lowest BCUT2D eigenvalue weighted by Crippen LogP contribution is -2.34. The van der Waals surface area contributed by atoms with E-state index in [4.69, 9.17) is 10.1 Å². The van der Waals surface area contributed by atoms with Crippen molar-refractivity contribution in [2.45, 2.75) is 25.8 Å². The molecule has 2 aromatic heterocycles. The number of rotatable bonds is 6. The van der Waals surface area contributed by atoms with E-state index in [2.05, 4.69) is 38.9 Å². The number of anilines is 1. The van der Waals surface area contributed by atoms with Gasteiger partial charge in [0.05, 0.1) is 16.6 Å². The Labute approximate surface area is 187 Å². The number of imidazole rings is 1. The van der Waals surface area contributed by atoms with Crippen LogP contribution < -0.4 is 10.2 Å². The summed E-state index contributed by atoms with van der Waals surface area (Å²) in [6.45, 7) is 4.85. The summed E-state index contributed by atoms with van der Waals surface area (Å²) in [5, 5.41) is 22.8. The summed E-state index contributed by atoms with van der Waals surface area (Å²) in [6.07, 6.45) is 1.80. The van der Waals surface area contributed by atoms with Gasteiger partial charge in [0.15, 0.2) is 5.65 Å². The van der Waals surface area contributed by atoms with Crippen LogP contribution >= 0.6 is 0 Å². The normalized spacial score (nSPS) is 16.2. The Morgan fingerprint density at radius 3 is 2.72 bits per heavy atom. The zero-order valence-electron chi connectivity index (χ0n) is 18.3. The topological polar surface area (TPSA) is 76.6 Å². The third-order valence-electron chi connectivity index (χ3n) is 6.40. The van der Waals surface area contributed by atoms with Gasteiger partial charge < -0.3 is 15.3 Å². The first-order valence-electron chi connectivity index (χ1n) is 11.2. The van der Waals surface area contributed by atoms with E-state index in [1.165, 1.54) is 0 Å². The Morgan fingerprint density at radius 2 is 1.94 bits per heavy atom. The molecule has 1 atom stereocenters. The van der Waals surface area contributed by atoms with E-state index in [1.54, 1.807) is 0 Å². The predicted octanol–water partition coefficient (Wildman–Crippen LogP) is 3.89. The standard InChI is InChI=1S/C26H27N5O/c1-18-21(16-27)25-29-22-10-5-6-11-23(22)31(25)26(24(18)19-8-3-2-4-9-19)30-14-12-20(17-30)28-13-7-15-32/h2-6,8-11,20,28,32H,7,12-15,17H2,1H3/t20-/m0/s1. The van der Waals surface area contributed by atoms with Crippen molar-refractivity contribution in [3.05, 3.63) is 65.7 Å². The van der Waals surface area contributed by atoms with Crippen LogP contribution in [-0.2, 0) is 0 Å². The van der Waals surface area contributed by atoms with E-state index >= 15 is 0 Å². The van der Waals surface area contributed by atoms with Crippen LogP contribution in [0.5, 0.6) is 0 Å². The molecule has 1 aliphatic heterocycles. The first kappa shape index (κ1) is 20.5. The number of aliphatic hydroxyl groups excluding tert-OH is 1. The van der Waals surface area contributed by atoms with Crippen molar-refractivity contribution in [2.75, 3.05) is 31.1 Å². The molecule has 6 nitrogen and oxygen atoms in total. The van der Waals surface area contributed by atoms with Crippen LogP contribution in [0.3, 0.4) is 0 Å². The van der Waals surface area contributed by atoms with Gasteiger partial charge in [-0.3, -0.25) is 4.40 Å². The number of hydrogen-bond acceptors (Lipinski definition) is 5. The van der Waals surface area contributed by atoms with Gasteiger partial charge in [-0.2, -0.15) is 5.26 Å². The highest BCUT2D eigenvalue weighted by Crippen LogP contribution is 2.40. The van der Waals surface area contributed by atoms with Crippen LogP contribution in [0.2, 0.25) is 0 Å². The maximum absolute atomic E-state index is 10.1. The Morgan fingerprint density at radius 1 is 1.16 bits per heavy atom. The molecular formula is C26H27N5O. The van der Waals surface area contributed by atoms with E-state index in [0.717, 1.165) is 71.7 Å². The molecule has 1 fully saturated rings. The summed E-state index contributed by atoms with van der Waals surface area (Å²) >= 11 is 0. The number of aromatic nitrogens is 2. The van der Waals surface area contributed by atoms with Gasteiger partial charge in [-0.05, 0) is 49.6 Å². The van der Waals surface area contributed by atoms with Crippen LogP contribution in [0.25, 0.3) is 27.8 Å². The second kappa shape index (κ2) is 8.62. The van der Waals surface area contributed by atoms with Crippen molar-refractivity contribution < 1.29 is 5.11 Å². The smallest absolute Gasteiger partial charge is 0.157 e. The van der Waals surface area contributed by atoms with Crippen molar-refractivity contribution in [3.63, 3.8) is 0 Å². The second-order valence-electron chi connectivity index (χ2n) is 8.40. The molecule has 4 aromatic rings. The number of hydrogen-bond donors (Lipinski definition) is 2. The van der Waals surface area contributed by atoms with Gasteiger partial charge in [-0.25, -0.2) is 4.98 Å². The average Bonchev–Trinajstić information content (AvgIpc) is 3.44. The first-order chi connectivity index (χ1) is 15.7. The molecule has 0 unspecified atom stereocenters. The highest BCUT2D eigenvalue weighted by molar-refractivity contribution is 5.92. The van der Waals surface area contributed by atoms with Crippen LogP contribution in [0.4, 0.5) is 5.82 Å². The minimum atomic E-state index is 0.206. The molecule has 0 amide bonds. The minimum absolute atomic E-state index is 0.206. The molecule has 0 spiro atoms. The van der Waals surface area contributed by atoms with Crippen molar-refractivity contribution in [3.8, 4) is 17.2 Å². The monoisotopic (exact) mass is 425 g/mol. The van der Waals surface area contributed by atoms with Gasteiger partial charge in [0.25, 0.3) is 0 Å². The summed E-state index contributed by atoms with van der Waals surface area (Å²) in [5.41, 5.74) is 6.42. The lowest BCUT2D eigenvalue weighted by atomic mass is 9.97. The lowest BCUT2D eigenvalue weighted by Gasteiger charge is -2.26. The predicted molar refractivity (Wildman–Crippen MR) is 128 cm³/mol. The highest BCUT2D eigenvalue weighted by Gasteiger charge is 2.29. The van der Waals surface area contributed by atoms with Gasteiger partial charge in [0, 0.05) is 31.3 Å². The number of para-hydroxylation sites is 2. The summed E-state index contributed by atoms with van der Waals surface area (Å²) in [5.74, 6) is 1.10. The zero-order valence-corrected chi connectivity index (χ0v) is 18.3. The van der Waals surface area contributed by atoms with Gasteiger partial charge >= 0.3 is 0 Å². The van der Waals surface area contributed by atoms with Gasteiger partial charge in [0.2, 0.25) is 0 Å². The molecule has 3 heterocycles. The third kappa shape index (κ3) is 3.40. The number of aliphatic hydroxyl groups is 1. The number of nitriles is 1. The van der Waals surface area contributed by atoms with Crippen LogP contribution in [0.15, 0.2) is 54.6 Å². The van der Waals surface area contributed by atoms with Crippen molar-refractivity contribution in [1.82, 2.24) is 14.7 Å². The summed E-state index contributed by atoms with van der Waals surface area (Å²) in [6, 6.07) is 21.2. The third-order valence-corrected chi connectivity index (χ3v) is 6.40. The molecule has 1 saturated heterocycles. The molecule has 162 valence electrons. The number of pyridine rings is 1. The maximum Gasteiger partial charge on any atom is 0.157 e. The fourth-order valence-corrected chi connectivity index (χ4v) is 4.87. The molecular weight excluding hydrogens is 398 g/mol. The maximum atomic E-state index is 10.1. The average molecular weight is 426 g/mol. The second-order valence-corrected chi connectivity index (χ2v) is 8.40. The fourth-order valence-electron chi connectivity index (χ4n) is 4.87. The van der Waals surface area contributed by atoms with E-state index in [0.29, 0.717) is 11.6 Å². The number of benzene rings is 2. The SMILES string of the molecule is Cc1c(-c2ccccc2)c(N2CC[C@H](NCCCO)C2)n2c(nc3ccccc32)c1C#N. The van der Waals surface area contributed by atoms with E-state index in [-0.39, 0.29) is 6.61 Å². The fraction of sp³-hybridized carbons (Fsp3) is 0.308. The Kier molecular flexibility index (Phi) is 5.52. The summed E-state index contributed by atoms with van der Waals surface area (Å²) in [4.78, 5) is 7.29. The molecule has 2 aromatic carbocycles. The minimum Gasteiger partial charge on any atom is -0.396 e. The lowest BCUT2D eigenvalue weighted by molar-refractivity contribution is 0.284. The van der Waals surface area contributed by atoms with Gasteiger partial charge in [-0.1, -0.05) is 42.5 Å². The molecule has 5 rings (SSSR count). The van der Waals surface area contributed by atoms with E-state index < -0.39 is 0 Å². The van der Waals surface area contributed by atoms with Crippen LogP contribution in [0.1, 0.15) is 24.0 Å². The van der Waals surface area contributed by atoms with Crippen molar-refractivity contribution >= 4 is 22.5 Å². The molecule has 6 heteroatoms. The Bertz CT molecular complexity index is 1310. The zero-order chi connectivity index (χ0) is 22.1. The Balaban J connectivity index is 1.75. The molecule has 32 heavy (non-hydrogen) atoms.